The van der Waals surface area contributed by atoms with Gasteiger partial charge in [-0.2, -0.15) is 0 Å². The van der Waals surface area contributed by atoms with E-state index in [1.165, 1.54) is 13.0 Å². The highest BCUT2D eigenvalue weighted by Gasteiger charge is 2.13. The van der Waals surface area contributed by atoms with E-state index in [2.05, 4.69) is 5.32 Å². The van der Waals surface area contributed by atoms with Gasteiger partial charge < -0.3 is 19.5 Å². The number of nitrogens with one attached hydrogen (secondary N) is 1. The summed E-state index contributed by atoms with van der Waals surface area (Å²) in [4.78, 5) is 34.8. The van der Waals surface area contributed by atoms with Crippen molar-refractivity contribution in [2.24, 2.45) is 0 Å². The fourth-order valence-electron chi connectivity index (χ4n) is 2.39. The Labute approximate surface area is 155 Å². The average Bonchev–Trinajstić information content (AvgIpc) is 3.12. The largest absolute Gasteiger partial charge is 0.454 e. The molecular weight excluding hydrogens is 350 g/mol. The van der Waals surface area contributed by atoms with Gasteiger partial charge in [-0.3, -0.25) is 9.59 Å². The van der Waals surface area contributed by atoms with Crippen LogP contribution in [0.25, 0.3) is 6.08 Å². The Hall–Kier alpha value is -3.61. The van der Waals surface area contributed by atoms with Crippen LogP contribution >= 0.6 is 0 Å². The SMILES string of the molecule is CC(=O)Nc1ccc(C(=O)COC(=O)/C=C/c2ccc3c(c2)OCO3)cc1. The minimum atomic E-state index is -0.629. The molecule has 0 bridgehead atoms. The van der Waals surface area contributed by atoms with Crippen LogP contribution in [-0.4, -0.2) is 31.1 Å². The lowest BCUT2D eigenvalue weighted by atomic mass is 10.1. The second-order valence-corrected chi connectivity index (χ2v) is 5.74. The predicted octanol–water partition coefficient (Wildman–Crippen LogP) is 2.81. The number of esters is 1. The van der Waals surface area contributed by atoms with Crippen LogP contribution in [0, 0.1) is 0 Å². The lowest BCUT2D eigenvalue weighted by molar-refractivity contribution is -0.136. The third kappa shape index (κ3) is 4.94. The Morgan fingerprint density at radius 3 is 2.56 bits per heavy atom. The van der Waals surface area contributed by atoms with Gasteiger partial charge in [-0.15, -0.1) is 0 Å². The average molecular weight is 367 g/mol. The van der Waals surface area contributed by atoms with E-state index in [0.29, 0.717) is 22.7 Å². The van der Waals surface area contributed by atoms with Crippen molar-refractivity contribution >= 4 is 29.4 Å². The summed E-state index contributed by atoms with van der Waals surface area (Å²) in [6.07, 6.45) is 2.81. The number of benzene rings is 2. The minimum Gasteiger partial charge on any atom is -0.454 e. The highest BCUT2D eigenvalue weighted by molar-refractivity contribution is 5.99. The molecule has 138 valence electrons. The molecule has 0 aliphatic carbocycles. The molecule has 27 heavy (non-hydrogen) atoms. The third-order valence-corrected chi connectivity index (χ3v) is 3.68. The summed E-state index contributed by atoms with van der Waals surface area (Å²) in [5.74, 6) is 0.107. The number of ether oxygens (including phenoxy) is 3. The first-order valence-electron chi connectivity index (χ1n) is 8.16. The number of Topliss-reactive ketones (excluding diaryl/α,β-unsaturated/α-hetero) is 1. The summed E-state index contributed by atoms with van der Waals surface area (Å²) in [6, 6.07) is 11.6. The van der Waals surface area contributed by atoms with Crippen LogP contribution in [-0.2, 0) is 14.3 Å². The van der Waals surface area contributed by atoms with Crippen molar-refractivity contribution < 1.29 is 28.6 Å². The molecule has 1 aliphatic rings. The van der Waals surface area contributed by atoms with E-state index >= 15 is 0 Å². The van der Waals surface area contributed by atoms with E-state index in [1.54, 1.807) is 48.5 Å². The van der Waals surface area contributed by atoms with Gasteiger partial charge in [-0.1, -0.05) is 6.07 Å². The monoisotopic (exact) mass is 367 g/mol. The number of hydrogen-bond donors (Lipinski definition) is 1. The molecule has 3 rings (SSSR count). The van der Waals surface area contributed by atoms with E-state index in [0.717, 1.165) is 5.56 Å². The number of ketones is 1. The zero-order chi connectivity index (χ0) is 19.2. The number of carbonyl (C=O) groups excluding carboxylic acids is 3. The molecule has 1 N–H and O–H groups in total. The predicted molar refractivity (Wildman–Crippen MR) is 97.6 cm³/mol. The van der Waals surface area contributed by atoms with Crippen molar-refractivity contribution in [3.63, 3.8) is 0 Å². The Morgan fingerprint density at radius 2 is 1.81 bits per heavy atom. The molecule has 0 unspecified atom stereocenters. The smallest absolute Gasteiger partial charge is 0.331 e. The molecule has 0 atom stereocenters. The first kappa shape index (κ1) is 18.2. The van der Waals surface area contributed by atoms with E-state index in [-0.39, 0.29) is 25.1 Å². The second kappa shape index (κ2) is 8.18. The van der Waals surface area contributed by atoms with Crippen molar-refractivity contribution in [3.05, 3.63) is 59.7 Å². The number of hydrogen-bond acceptors (Lipinski definition) is 6. The van der Waals surface area contributed by atoms with Gasteiger partial charge in [-0.05, 0) is 48.0 Å². The van der Waals surface area contributed by atoms with Crippen LogP contribution < -0.4 is 14.8 Å². The van der Waals surface area contributed by atoms with Crippen LogP contribution in [0.15, 0.2) is 48.5 Å². The topological polar surface area (TPSA) is 90.9 Å². The molecule has 1 heterocycles. The van der Waals surface area contributed by atoms with Crippen LogP contribution in [0.3, 0.4) is 0 Å². The summed E-state index contributed by atoms with van der Waals surface area (Å²) >= 11 is 0. The molecule has 0 aromatic heterocycles. The van der Waals surface area contributed by atoms with E-state index < -0.39 is 5.97 Å². The molecular formula is C20H17NO6. The van der Waals surface area contributed by atoms with Gasteiger partial charge in [0, 0.05) is 24.3 Å². The Balaban J connectivity index is 1.51. The zero-order valence-corrected chi connectivity index (χ0v) is 14.6. The maximum absolute atomic E-state index is 12.1. The second-order valence-electron chi connectivity index (χ2n) is 5.74. The van der Waals surface area contributed by atoms with Gasteiger partial charge >= 0.3 is 5.97 Å². The maximum atomic E-state index is 12.1. The molecule has 0 fully saturated rings. The standard InChI is InChI=1S/C20H17NO6/c1-13(22)21-16-6-4-15(5-7-16)17(23)11-25-20(24)9-3-14-2-8-18-19(10-14)27-12-26-18/h2-10H,11-12H2,1H3,(H,21,22)/b9-3+. The molecule has 1 aliphatic heterocycles. The van der Waals surface area contributed by atoms with Gasteiger partial charge in [0.05, 0.1) is 0 Å². The normalized spacial score (nSPS) is 12.0. The van der Waals surface area contributed by atoms with E-state index in [4.69, 9.17) is 14.2 Å². The summed E-state index contributed by atoms with van der Waals surface area (Å²) < 4.78 is 15.4. The highest BCUT2D eigenvalue weighted by atomic mass is 16.7. The van der Waals surface area contributed by atoms with E-state index in [9.17, 15) is 14.4 Å². The van der Waals surface area contributed by atoms with E-state index in [1.807, 2.05) is 0 Å². The van der Waals surface area contributed by atoms with Crippen molar-refractivity contribution in [1.29, 1.82) is 0 Å². The zero-order valence-electron chi connectivity index (χ0n) is 14.6. The maximum Gasteiger partial charge on any atom is 0.331 e. The first-order valence-corrected chi connectivity index (χ1v) is 8.16. The van der Waals surface area contributed by atoms with Crippen LogP contribution in [0.5, 0.6) is 11.5 Å². The highest BCUT2D eigenvalue weighted by Crippen LogP contribution is 2.32. The Morgan fingerprint density at radius 1 is 1.07 bits per heavy atom. The fourth-order valence-corrected chi connectivity index (χ4v) is 2.39. The van der Waals surface area contributed by atoms with Gasteiger partial charge in [0.15, 0.2) is 23.9 Å². The molecule has 0 saturated heterocycles. The molecule has 7 nitrogen and oxygen atoms in total. The van der Waals surface area contributed by atoms with Crippen LogP contribution in [0.4, 0.5) is 5.69 Å². The number of carbonyl (C=O) groups is 3. The molecule has 0 spiro atoms. The quantitative estimate of drug-likeness (QED) is 0.480. The van der Waals surface area contributed by atoms with Crippen molar-refractivity contribution in [3.8, 4) is 11.5 Å². The molecule has 1 amide bonds. The number of rotatable bonds is 6. The van der Waals surface area contributed by atoms with Gasteiger partial charge in [0.1, 0.15) is 0 Å². The molecule has 2 aromatic rings. The lowest BCUT2D eigenvalue weighted by Crippen LogP contribution is -2.13. The molecule has 0 radical (unpaired) electrons. The first-order chi connectivity index (χ1) is 13.0. The lowest BCUT2D eigenvalue weighted by Gasteiger charge is -2.04. The number of fused-ring (bicyclic) bond motifs is 1. The van der Waals surface area contributed by atoms with Gasteiger partial charge in [0.25, 0.3) is 0 Å². The molecule has 0 saturated carbocycles. The Kier molecular flexibility index (Phi) is 5.51. The molecule has 7 heteroatoms. The summed E-state index contributed by atoms with van der Waals surface area (Å²) in [6.45, 7) is 1.21. The van der Waals surface area contributed by atoms with Crippen molar-refractivity contribution in [2.75, 3.05) is 18.7 Å². The summed E-state index contributed by atoms with van der Waals surface area (Å²) in [7, 11) is 0. The van der Waals surface area contributed by atoms with Gasteiger partial charge in [0.2, 0.25) is 12.7 Å². The third-order valence-electron chi connectivity index (χ3n) is 3.68. The Bertz CT molecular complexity index is 901. The number of amides is 1. The van der Waals surface area contributed by atoms with Crippen LogP contribution in [0.2, 0.25) is 0 Å². The van der Waals surface area contributed by atoms with Crippen molar-refractivity contribution in [1.82, 2.24) is 0 Å². The molecule has 2 aromatic carbocycles. The van der Waals surface area contributed by atoms with Crippen LogP contribution in [0.1, 0.15) is 22.8 Å². The van der Waals surface area contributed by atoms with Crippen molar-refractivity contribution in [2.45, 2.75) is 6.92 Å². The summed E-state index contributed by atoms with van der Waals surface area (Å²) in [5.41, 5.74) is 1.72. The fraction of sp³-hybridized carbons (Fsp3) is 0.150. The summed E-state index contributed by atoms with van der Waals surface area (Å²) in [5, 5.41) is 2.61. The number of anilines is 1. The van der Waals surface area contributed by atoms with Gasteiger partial charge in [-0.25, -0.2) is 4.79 Å². The minimum absolute atomic E-state index is 0.179.